The summed E-state index contributed by atoms with van der Waals surface area (Å²) in [5.74, 6) is 1.94. The van der Waals surface area contributed by atoms with Gasteiger partial charge in [-0.15, -0.1) is 0 Å². The van der Waals surface area contributed by atoms with Crippen molar-refractivity contribution in [2.24, 2.45) is 22.7 Å². The van der Waals surface area contributed by atoms with E-state index >= 15 is 0 Å². The van der Waals surface area contributed by atoms with Crippen molar-refractivity contribution in [3.63, 3.8) is 0 Å². The van der Waals surface area contributed by atoms with Crippen LogP contribution in [0.3, 0.4) is 0 Å². The van der Waals surface area contributed by atoms with Gasteiger partial charge < -0.3 is 24.8 Å². The van der Waals surface area contributed by atoms with Crippen LogP contribution in [0, 0.1) is 22.7 Å². The SMILES string of the molecule is CC(C)(C)C1=CC2=C(C1)C1CCCCC1C2(C)C1c2cc(C(C)(C)C)ccc2-c2ccc(C(C)(C)C)cc21.[Cl-].[Cl-].[Zr+2]. The zero-order chi connectivity index (χ0) is 27.4. The summed E-state index contributed by atoms with van der Waals surface area (Å²) in [4.78, 5) is 0. The average molecular weight is 669 g/mol. The molecule has 0 heterocycles. The molecule has 1 fully saturated rings. The Bertz CT molecular complexity index is 1310. The first-order valence-corrected chi connectivity index (χ1v) is 15.4. The molecule has 2 aromatic carbocycles. The third-order valence-corrected chi connectivity index (χ3v) is 10.9. The van der Waals surface area contributed by atoms with Crippen LogP contribution in [0.5, 0.6) is 0 Å². The molecule has 3 atom stereocenters. The van der Waals surface area contributed by atoms with Crippen LogP contribution in [-0.4, -0.2) is 0 Å². The van der Waals surface area contributed by atoms with Gasteiger partial charge in [0.15, 0.2) is 0 Å². The Morgan fingerprint density at radius 1 is 0.683 bits per heavy atom. The predicted molar refractivity (Wildman–Crippen MR) is 164 cm³/mol. The summed E-state index contributed by atoms with van der Waals surface area (Å²) in [6.07, 6.45) is 9.48. The zero-order valence-corrected chi connectivity index (χ0v) is 31.0. The minimum Gasteiger partial charge on any atom is -1.00 e. The van der Waals surface area contributed by atoms with Crippen molar-refractivity contribution in [1.29, 1.82) is 0 Å². The van der Waals surface area contributed by atoms with E-state index in [2.05, 4.69) is 112 Å². The van der Waals surface area contributed by atoms with Crippen LogP contribution >= 0.6 is 0 Å². The van der Waals surface area contributed by atoms with Gasteiger partial charge in [0.05, 0.1) is 0 Å². The summed E-state index contributed by atoms with van der Waals surface area (Å²) >= 11 is 0. The number of hydrogen-bond acceptors (Lipinski definition) is 0. The summed E-state index contributed by atoms with van der Waals surface area (Å²) < 4.78 is 0. The second-order valence-corrected chi connectivity index (χ2v) is 16.4. The largest absolute Gasteiger partial charge is 2.00 e. The van der Waals surface area contributed by atoms with Crippen LogP contribution in [0.1, 0.15) is 130 Å². The fraction of sp³-hybridized carbons (Fsp3) is 0.579. The average Bonchev–Trinajstić information content (AvgIpc) is 3.48. The third kappa shape index (κ3) is 5.46. The Morgan fingerprint density at radius 3 is 1.63 bits per heavy atom. The Morgan fingerprint density at radius 2 is 1.17 bits per heavy atom. The molecule has 0 saturated heterocycles. The van der Waals surface area contributed by atoms with Crippen LogP contribution < -0.4 is 24.8 Å². The normalized spacial score (nSPS) is 25.3. The maximum Gasteiger partial charge on any atom is 2.00 e. The molecule has 1 saturated carbocycles. The molecule has 4 aliphatic carbocycles. The summed E-state index contributed by atoms with van der Waals surface area (Å²) in [6.45, 7) is 24.2. The van der Waals surface area contributed by atoms with Crippen LogP contribution in [-0.2, 0) is 37.0 Å². The fourth-order valence-electron chi connectivity index (χ4n) is 8.61. The monoisotopic (exact) mass is 666 g/mol. The molecule has 0 bridgehead atoms. The number of fused-ring (bicyclic) bond motifs is 5. The minimum atomic E-state index is 0. The van der Waals surface area contributed by atoms with Crippen LogP contribution in [0.2, 0.25) is 0 Å². The van der Waals surface area contributed by atoms with Crippen LogP contribution in [0.15, 0.2) is 59.2 Å². The van der Waals surface area contributed by atoms with Crippen molar-refractivity contribution in [3.05, 3.63) is 81.4 Å². The zero-order valence-electron chi connectivity index (χ0n) is 27.1. The quantitative estimate of drug-likeness (QED) is 0.406. The van der Waals surface area contributed by atoms with Gasteiger partial charge in [0.2, 0.25) is 0 Å². The molecule has 0 spiro atoms. The second-order valence-electron chi connectivity index (χ2n) is 16.4. The molecule has 3 heteroatoms. The molecule has 220 valence electrons. The van der Waals surface area contributed by atoms with Gasteiger partial charge >= 0.3 is 26.2 Å². The van der Waals surface area contributed by atoms with Crippen molar-refractivity contribution >= 4 is 0 Å². The maximum absolute atomic E-state index is 2.70. The second kappa shape index (κ2) is 11.4. The first kappa shape index (κ1) is 34.9. The van der Waals surface area contributed by atoms with E-state index in [1.807, 2.05) is 5.57 Å². The molecule has 6 rings (SSSR count). The summed E-state index contributed by atoms with van der Waals surface area (Å²) in [6, 6.07) is 15.0. The van der Waals surface area contributed by atoms with Crippen molar-refractivity contribution in [1.82, 2.24) is 0 Å². The van der Waals surface area contributed by atoms with Gasteiger partial charge in [0.1, 0.15) is 0 Å². The van der Waals surface area contributed by atoms with Crippen molar-refractivity contribution < 1.29 is 51.0 Å². The molecule has 0 aromatic heterocycles. The minimum absolute atomic E-state index is 0. The van der Waals surface area contributed by atoms with Gasteiger partial charge in [-0.2, -0.15) is 0 Å². The summed E-state index contributed by atoms with van der Waals surface area (Å²) in [5, 5.41) is 0. The predicted octanol–water partition coefficient (Wildman–Crippen LogP) is 4.90. The maximum atomic E-state index is 2.70. The van der Waals surface area contributed by atoms with E-state index in [1.165, 1.54) is 54.4 Å². The number of halogens is 2. The number of hydrogen-bond donors (Lipinski definition) is 0. The molecule has 0 amide bonds. The summed E-state index contributed by atoms with van der Waals surface area (Å²) in [7, 11) is 0. The molecule has 3 unspecified atom stereocenters. The smallest absolute Gasteiger partial charge is 1.00 e. The van der Waals surface area contributed by atoms with Crippen molar-refractivity contribution in [3.8, 4) is 11.1 Å². The van der Waals surface area contributed by atoms with E-state index in [-0.39, 0.29) is 72.7 Å². The molecule has 0 nitrogen and oxygen atoms in total. The fourth-order valence-corrected chi connectivity index (χ4v) is 8.61. The van der Waals surface area contributed by atoms with Crippen molar-refractivity contribution in [2.75, 3.05) is 0 Å². The third-order valence-electron chi connectivity index (χ3n) is 10.9. The van der Waals surface area contributed by atoms with Gasteiger partial charge in [0, 0.05) is 11.3 Å². The van der Waals surface area contributed by atoms with E-state index in [9.17, 15) is 0 Å². The van der Waals surface area contributed by atoms with E-state index in [0.29, 0.717) is 5.92 Å². The van der Waals surface area contributed by atoms with E-state index in [1.54, 1.807) is 22.3 Å². The van der Waals surface area contributed by atoms with Gasteiger partial charge in [-0.05, 0) is 86.3 Å². The van der Waals surface area contributed by atoms with Crippen molar-refractivity contribution in [2.45, 2.75) is 118 Å². The van der Waals surface area contributed by atoms with Gasteiger partial charge in [-0.3, -0.25) is 0 Å². The topological polar surface area (TPSA) is 0 Å². The number of rotatable bonds is 1. The summed E-state index contributed by atoms with van der Waals surface area (Å²) in [5.41, 5.74) is 15.0. The number of allylic oxidation sites excluding steroid dienone is 4. The Labute approximate surface area is 282 Å². The molecule has 0 N–H and O–H groups in total. The van der Waals surface area contributed by atoms with Gasteiger partial charge in [0.25, 0.3) is 0 Å². The molecule has 2 aromatic rings. The Hall–Kier alpha value is -0.617. The van der Waals surface area contributed by atoms with E-state index in [4.69, 9.17) is 0 Å². The Balaban J connectivity index is 0.00000154. The Kier molecular flexibility index (Phi) is 9.68. The van der Waals surface area contributed by atoms with Gasteiger partial charge in [-0.25, -0.2) is 0 Å². The van der Waals surface area contributed by atoms with E-state index in [0.717, 1.165) is 11.8 Å². The molecule has 0 aliphatic heterocycles. The van der Waals surface area contributed by atoms with Crippen LogP contribution in [0.25, 0.3) is 11.1 Å². The van der Waals surface area contributed by atoms with Crippen LogP contribution in [0.4, 0.5) is 0 Å². The number of benzene rings is 2. The van der Waals surface area contributed by atoms with E-state index < -0.39 is 0 Å². The first-order chi connectivity index (χ1) is 17.6. The molecule has 0 radical (unpaired) electrons. The molecular formula is C38H50Cl2Zr. The van der Waals surface area contributed by atoms with Gasteiger partial charge in [-0.1, -0.05) is 136 Å². The standard InChI is InChI=1S/C38H50.2ClH.Zr/c1-35(2,3)23-15-17-26-27-18-16-24(36(4,5)6)20-31(27)34(30(26)19-23)38(10)32-14-12-11-13-28(32)29-21-25(22-33(29)38)37(7,8)9;;;/h15-20,22,28,32,34H,11-14,21H2,1-10H3;2*1H;/q;;;+2/p-2. The first-order valence-electron chi connectivity index (χ1n) is 15.4. The molecule has 4 aliphatic rings. The molecule has 41 heavy (non-hydrogen) atoms. The molecular weight excluding hydrogens is 619 g/mol.